The normalized spacial score (nSPS) is 10.0. The van der Waals surface area contributed by atoms with Crippen LogP contribution in [0, 0.1) is 0 Å². The van der Waals surface area contributed by atoms with Gasteiger partial charge in [0.25, 0.3) is 0 Å². The van der Waals surface area contributed by atoms with Gasteiger partial charge in [-0.25, -0.2) is 0 Å². The van der Waals surface area contributed by atoms with Gasteiger partial charge in [0.05, 0.1) is 6.42 Å². The molecule has 0 aromatic heterocycles. The standard InChI is InChI=1S/C14H20N2O/c1-4-16(10-11(2)3)14(17)9-12-5-7-13(15)8-6-12/h5-8H,2,4,9-10,15H2,1,3H3. The van der Waals surface area contributed by atoms with Gasteiger partial charge in [-0.2, -0.15) is 0 Å². The summed E-state index contributed by atoms with van der Waals surface area (Å²) in [6, 6.07) is 7.42. The molecule has 92 valence electrons. The molecule has 1 amide bonds. The van der Waals surface area contributed by atoms with Crippen LogP contribution in [0.5, 0.6) is 0 Å². The van der Waals surface area contributed by atoms with E-state index in [9.17, 15) is 4.79 Å². The molecule has 0 radical (unpaired) electrons. The minimum absolute atomic E-state index is 0.125. The van der Waals surface area contributed by atoms with Gasteiger partial charge in [0.1, 0.15) is 0 Å². The highest BCUT2D eigenvalue weighted by Crippen LogP contribution is 2.08. The topological polar surface area (TPSA) is 46.3 Å². The van der Waals surface area contributed by atoms with E-state index in [0.717, 1.165) is 16.8 Å². The number of hydrogen-bond donors (Lipinski definition) is 1. The van der Waals surface area contributed by atoms with Crippen LogP contribution in [0.1, 0.15) is 19.4 Å². The molecule has 0 aliphatic rings. The third-order valence-electron chi connectivity index (χ3n) is 2.53. The zero-order valence-electron chi connectivity index (χ0n) is 10.6. The Balaban J connectivity index is 2.63. The Hall–Kier alpha value is -1.77. The SMILES string of the molecule is C=C(C)CN(CC)C(=O)Cc1ccc(N)cc1. The average molecular weight is 232 g/mol. The summed E-state index contributed by atoms with van der Waals surface area (Å²) in [6.07, 6.45) is 0.418. The quantitative estimate of drug-likeness (QED) is 0.625. The van der Waals surface area contributed by atoms with Crippen LogP contribution in [0.15, 0.2) is 36.4 Å². The fourth-order valence-electron chi connectivity index (χ4n) is 1.62. The molecule has 0 saturated carbocycles. The molecule has 0 aliphatic carbocycles. The lowest BCUT2D eigenvalue weighted by molar-refractivity contribution is -0.129. The number of carbonyl (C=O) groups is 1. The van der Waals surface area contributed by atoms with Gasteiger partial charge in [-0.1, -0.05) is 24.3 Å². The Morgan fingerprint density at radius 2 is 1.94 bits per heavy atom. The Labute approximate surface area is 103 Å². The minimum atomic E-state index is 0.125. The van der Waals surface area contributed by atoms with E-state index in [2.05, 4.69) is 6.58 Å². The minimum Gasteiger partial charge on any atom is -0.399 e. The lowest BCUT2D eigenvalue weighted by Crippen LogP contribution is -2.33. The van der Waals surface area contributed by atoms with Crippen molar-refractivity contribution in [2.75, 3.05) is 18.8 Å². The highest BCUT2D eigenvalue weighted by Gasteiger charge is 2.11. The third-order valence-corrected chi connectivity index (χ3v) is 2.53. The van der Waals surface area contributed by atoms with Gasteiger partial charge in [0.2, 0.25) is 5.91 Å². The molecule has 1 aromatic carbocycles. The predicted octanol–water partition coefficient (Wildman–Crippen LogP) is 2.24. The Morgan fingerprint density at radius 1 is 1.35 bits per heavy atom. The molecule has 0 aliphatic heterocycles. The number of amides is 1. The van der Waals surface area contributed by atoms with Crippen LogP contribution in [0.2, 0.25) is 0 Å². The van der Waals surface area contributed by atoms with Crippen molar-refractivity contribution in [3.63, 3.8) is 0 Å². The number of rotatable bonds is 5. The van der Waals surface area contributed by atoms with E-state index in [-0.39, 0.29) is 5.91 Å². The van der Waals surface area contributed by atoms with Crippen LogP contribution in [-0.4, -0.2) is 23.9 Å². The summed E-state index contributed by atoms with van der Waals surface area (Å²) < 4.78 is 0. The molecular formula is C14H20N2O. The van der Waals surface area contributed by atoms with Gasteiger partial charge in [-0.15, -0.1) is 0 Å². The van der Waals surface area contributed by atoms with E-state index in [1.807, 2.05) is 38.1 Å². The highest BCUT2D eigenvalue weighted by atomic mass is 16.2. The second-order valence-electron chi connectivity index (χ2n) is 4.28. The van der Waals surface area contributed by atoms with Crippen LogP contribution >= 0.6 is 0 Å². The van der Waals surface area contributed by atoms with Gasteiger partial charge in [0, 0.05) is 18.8 Å². The summed E-state index contributed by atoms with van der Waals surface area (Å²) in [4.78, 5) is 13.8. The molecule has 0 saturated heterocycles. The van der Waals surface area contributed by atoms with Gasteiger partial charge in [0.15, 0.2) is 0 Å². The number of hydrogen-bond acceptors (Lipinski definition) is 2. The van der Waals surface area contributed by atoms with Crippen molar-refractivity contribution in [2.24, 2.45) is 0 Å². The smallest absolute Gasteiger partial charge is 0.227 e. The number of benzene rings is 1. The number of nitrogen functional groups attached to an aromatic ring is 1. The lowest BCUT2D eigenvalue weighted by Gasteiger charge is -2.21. The fraction of sp³-hybridized carbons (Fsp3) is 0.357. The first-order chi connectivity index (χ1) is 8.02. The van der Waals surface area contributed by atoms with Crippen molar-refractivity contribution < 1.29 is 4.79 Å². The zero-order valence-corrected chi connectivity index (χ0v) is 10.6. The monoisotopic (exact) mass is 232 g/mol. The van der Waals surface area contributed by atoms with Crippen LogP contribution in [0.25, 0.3) is 0 Å². The van der Waals surface area contributed by atoms with Crippen molar-refractivity contribution in [1.82, 2.24) is 4.90 Å². The van der Waals surface area contributed by atoms with Crippen molar-refractivity contribution in [2.45, 2.75) is 20.3 Å². The first-order valence-corrected chi connectivity index (χ1v) is 5.79. The van der Waals surface area contributed by atoms with Gasteiger partial charge >= 0.3 is 0 Å². The fourth-order valence-corrected chi connectivity index (χ4v) is 1.62. The number of likely N-dealkylation sites (N-methyl/N-ethyl adjacent to an activating group) is 1. The second kappa shape index (κ2) is 6.09. The van der Waals surface area contributed by atoms with E-state index in [0.29, 0.717) is 19.5 Å². The van der Waals surface area contributed by atoms with Crippen LogP contribution in [0.3, 0.4) is 0 Å². The highest BCUT2D eigenvalue weighted by molar-refractivity contribution is 5.79. The van der Waals surface area contributed by atoms with E-state index in [1.165, 1.54) is 0 Å². The zero-order chi connectivity index (χ0) is 12.8. The molecule has 1 rings (SSSR count). The first kappa shape index (κ1) is 13.3. The molecular weight excluding hydrogens is 212 g/mol. The number of nitrogens with zero attached hydrogens (tertiary/aromatic N) is 1. The van der Waals surface area contributed by atoms with E-state index >= 15 is 0 Å². The molecule has 17 heavy (non-hydrogen) atoms. The summed E-state index contributed by atoms with van der Waals surface area (Å²) in [5.74, 6) is 0.125. The molecule has 3 heteroatoms. The molecule has 3 nitrogen and oxygen atoms in total. The van der Waals surface area contributed by atoms with Crippen LogP contribution in [-0.2, 0) is 11.2 Å². The molecule has 2 N–H and O–H groups in total. The maximum atomic E-state index is 12.0. The maximum Gasteiger partial charge on any atom is 0.227 e. The summed E-state index contributed by atoms with van der Waals surface area (Å²) in [7, 11) is 0. The molecule has 0 heterocycles. The molecule has 0 bridgehead atoms. The number of anilines is 1. The molecule has 0 spiro atoms. The number of nitrogens with two attached hydrogens (primary N) is 1. The van der Waals surface area contributed by atoms with Gasteiger partial charge < -0.3 is 10.6 Å². The summed E-state index contributed by atoms with van der Waals surface area (Å²) >= 11 is 0. The third kappa shape index (κ3) is 4.31. The molecule has 0 unspecified atom stereocenters. The Kier molecular flexibility index (Phi) is 4.76. The summed E-state index contributed by atoms with van der Waals surface area (Å²) in [6.45, 7) is 9.08. The van der Waals surface area contributed by atoms with E-state index in [4.69, 9.17) is 5.73 Å². The molecule has 0 fully saturated rings. The van der Waals surface area contributed by atoms with E-state index in [1.54, 1.807) is 4.90 Å². The van der Waals surface area contributed by atoms with Crippen molar-refractivity contribution in [1.29, 1.82) is 0 Å². The molecule has 0 atom stereocenters. The van der Waals surface area contributed by atoms with Crippen molar-refractivity contribution >= 4 is 11.6 Å². The lowest BCUT2D eigenvalue weighted by atomic mass is 10.1. The van der Waals surface area contributed by atoms with Crippen LogP contribution < -0.4 is 5.73 Å². The maximum absolute atomic E-state index is 12.0. The van der Waals surface area contributed by atoms with Crippen molar-refractivity contribution in [3.05, 3.63) is 42.0 Å². The average Bonchev–Trinajstić information content (AvgIpc) is 2.28. The summed E-state index contributed by atoms with van der Waals surface area (Å²) in [5, 5.41) is 0. The largest absolute Gasteiger partial charge is 0.399 e. The summed E-state index contributed by atoms with van der Waals surface area (Å²) in [5.41, 5.74) is 8.31. The van der Waals surface area contributed by atoms with E-state index < -0.39 is 0 Å². The van der Waals surface area contributed by atoms with Gasteiger partial charge in [-0.05, 0) is 31.5 Å². The number of carbonyl (C=O) groups excluding carboxylic acids is 1. The van der Waals surface area contributed by atoms with Crippen molar-refractivity contribution in [3.8, 4) is 0 Å². The van der Waals surface area contributed by atoms with Gasteiger partial charge in [-0.3, -0.25) is 4.79 Å². The second-order valence-corrected chi connectivity index (χ2v) is 4.28. The predicted molar refractivity (Wildman–Crippen MR) is 71.6 cm³/mol. The Bertz CT molecular complexity index is 395. The molecule has 1 aromatic rings. The Morgan fingerprint density at radius 3 is 2.41 bits per heavy atom. The van der Waals surface area contributed by atoms with Crippen LogP contribution in [0.4, 0.5) is 5.69 Å². The first-order valence-electron chi connectivity index (χ1n) is 5.79.